The monoisotopic (exact) mass is 326 g/mol. The second-order valence-corrected chi connectivity index (χ2v) is 6.15. The maximum absolute atomic E-state index is 9.44. The van der Waals surface area contributed by atoms with Gasteiger partial charge in [-0.25, -0.2) is 0 Å². The number of benzene rings is 1. The molecular formula is C15H23BrN2O. The van der Waals surface area contributed by atoms with Crippen molar-refractivity contribution in [3.63, 3.8) is 0 Å². The van der Waals surface area contributed by atoms with E-state index in [2.05, 4.69) is 50.4 Å². The second kappa shape index (κ2) is 8.00. The Hall–Kier alpha value is -0.420. The SMILES string of the molecule is OC1CCN(CCCNCc2ccc(Br)cc2)CC1. The molecule has 0 spiro atoms. The molecule has 1 fully saturated rings. The molecule has 3 nitrogen and oxygen atoms in total. The van der Waals surface area contributed by atoms with Crippen LogP contribution in [0.25, 0.3) is 0 Å². The molecule has 106 valence electrons. The van der Waals surface area contributed by atoms with Crippen LogP contribution in [0.4, 0.5) is 0 Å². The molecule has 1 saturated heterocycles. The van der Waals surface area contributed by atoms with E-state index in [0.717, 1.165) is 50.0 Å². The van der Waals surface area contributed by atoms with Gasteiger partial charge in [0.25, 0.3) is 0 Å². The maximum atomic E-state index is 9.44. The highest BCUT2D eigenvalue weighted by Gasteiger charge is 2.15. The molecule has 4 heteroatoms. The first-order valence-corrected chi connectivity index (χ1v) is 7.89. The molecule has 2 N–H and O–H groups in total. The minimum absolute atomic E-state index is 0.0632. The van der Waals surface area contributed by atoms with Gasteiger partial charge in [-0.2, -0.15) is 0 Å². The van der Waals surface area contributed by atoms with Crippen LogP contribution in [0, 0.1) is 0 Å². The van der Waals surface area contributed by atoms with Gasteiger partial charge in [0.05, 0.1) is 6.10 Å². The van der Waals surface area contributed by atoms with Gasteiger partial charge in [-0.3, -0.25) is 0 Å². The van der Waals surface area contributed by atoms with Crippen molar-refractivity contribution < 1.29 is 5.11 Å². The van der Waals surface area contributed by atoms with Gasteiger partial charge in [0.15, 0.2) is 0 Å². The van der Waals surface area contributed by atoms with E-state index in [0.29, 0.717) is 0 Å². The zero-order valence-corrected chi connectivity index (χ0v) is 12.9. The van der Waals surface area contributed by atoms with E-state index < -0.39 is 0 Å². The molecule has 1 aliphatic heterocycles. The third-order valence-electron chi connectivity index (χ3n) is 3.63. The van der Waals surface area contributed by atoms with Crippen LogP contribution in [0.2, 0.25) is 0 Å². The van der Waals surface area contributed by atoms with Gasteiger partial charge in [-0.15, -0.1) is 0 Å². The lowest BCUT2D eigenvalue weighted by Gasteiger charge is -2.29. The third kappa shape index (κ3) is 5.61. The van der Waals surface area contributed by atoms with E-state index in [1.54, 1.807) is 0 Å². The minimum atomic E-state index is -0.0632. The van der Waals surface area contributed by atoms with Crippen LogP contribution in [0.15, 0.2) is 28.7 Å². The summed E-state index contributed by atoms with van der Waals surface area (Å²) in [5.41, 5.74) is 1.32. The van der Waals surface area contributed by atoms with E-state index in [9.17, 15) is 5.11 Å². The number of aliphatic hydroxyl groups is 1. The molecule has 0 bridgehead atoms. The maximum Gasteiger partial charge on any atom is 0.0564 e. The van der Waals surface area contributed by atoms with E-state index in [1.165, 1.54) is 12.0 Å². The lowest BCUT2D eigenvalue weighted by atomic mass is 10.1. The number of nitrogens with one attached hydrogen (secondary N) is 1. The highest BCUT2D eigenvalue weighted by atomic mass is 79.9. The summed E-state index contributed by atoms with van der Waals surface area (Å²) in [7, 11) is 0. The Bertz CT molecular complexity index is 361. The van der Waals surface area contributed by atoms with E-state index in [4.69, 9.17) is 0 Å². The molecule has 0 unspecified atom stereocenters. The van der Waals surface area contributed by atoms with Gasteiger partial charge in [-0.05, 0) is 50.0 Å². The molecule has 0 atom stereocenters. The van der Waals surface area contributed by atoms with Crippen LogP contribution in [0.5, 0.6) is 0 Å². The minimum Gasteiger partial charge on any atom is -0.393 e. The molecule has 1 aliphatic rings. The number of hydrogen-bond acceptors (Lipinski definition) is 3. The molecule has 0 aromatic heterocycles. The Kier molecular flexibility index (Phi) is 6.31. The summed E-state index contributed by atoms with van der Waals surface area (Å²) in [6, 6.07) is 8.44. The first-order valence-electron chi connectivity index (χ1n) is 7.09. The van der Waals surface area contributed by atoms with E-state index >= 15 is 0 Å². The molecule has 0 amide bonds. The van der Waals surface area contributed by atoms with E-state index in [-0.39, 0.29) is 6.10 Å². The number of halogens is 1. The summed E-state index contributed by atoms with van der Waals surface area (Å²) in [4.78, 5) is 2.45. The van der Waals surface area contributed by atoms with Crippen molar-refractivity contribution in [2.75, 3.05) is 26.2 Å². The molecular weight excluding hydrogens is 304 g/mol. The van der Waals surface area contributed by atoms with Gasteiger partial charge < -0.3 is 15.3 Å². The van der Waals surface area contributed by atoms with E-state index in [1.807, 2.05) is 0 Å². The highest BCUT2D eigenvalue weighted by Crippen LogP contribution is 2.11. The summed E-state index contributed by atoms with van der Waals surface area (Å²) in [6.45, 7) is 5.23. The van der Waals surface area contributed by atoms with Crippen molar-refractivity contribution in [3.8, 4) is 0 Å². The zero-order valence-electron chi connectivity index (χ0n) is 11.3. The zero-order chi connectivity index (χ0) is 13.5. The number of likely N-dealkylation sites (tertiary alicyclic amines) is 1. The van der Waals surface area contributed by atoms with Crippen molar-refractivity contribution in [3.05, 3.63) is 34.3 Å². The quantitative estimate of drug-likeness (QED) is 0.788. The van der Waals surface area contributed by atoms with Gasteiger partial charge in [0.1, 0.15) is 0 Å². The molecule has 0 aliphatic carbocycles. The van der Waals surface area contributed by atoms with Gasteiger partial charge >= 0.3 is 0 Å². The average molecular weight is 327 g/mol. The normalized spacial score (nSPS) is 17.8. The van der Waals surface area contributed by atoms with Crippen LogP contribution in [-0.2, 0) is 6.54 Å². The second-order valence-electron chi connectivity index (χ2n) is 5.23. The van der Waals surface area contributed by atoms with Gasteiger partial charge in [-0.1, -0.05) is 28.1 Å². The first-order chi connectivity index (χ1) is 9.24. The predicted molar refractivity (Wildman–Crippen MR) is 82.1 cm³/mol. The lowest BCUT2D eigenvalue weighted by Crippen LogP contribution is -2.37. The third-order valence-corrected chi connectivity index (χ3v) is 4.16. The summed E-state index contributed by atoms with van der Waals surface area (Å²) in [6.07, 6.45) is 2.98. The van der Waals surface area contributed by atoms with Crippen LogP contribution in [-0.4, -0.2) is 42.3 Å². The largest absolute Gasteiger partial charge is 0.393 e. The fourth-order valence-electron chi connectivity index (χ4n) is 2.41. The Morgan fingerprint density at radius 1 is 1.21 bits per heavy atom. The Morgan fingerprint density at radius 3 is 2.58 bits per heavy atom. The fraction of sp³-hybridized carbons (Fsp3) is 0.600. The van der Waals surface area contributed by atoms with Crippen LogP contribution in [0.1, 0.15) is 24.8 Å². The average Bonchev–Trinajstić information content (AvgIpc) is 2.43. The highest BCUT2D eigenvalue weighted by molar-refractivity contribution is 9.10. The first kappa shape index (κ1) is 15.0. The number of aliphatic hydroxyl groups excluding tert-OH is 1. The Balaban J connectivity index is 1.53. The van der Waals surface area contributed by atoms with Crippen LogP contribution < -0.4 is 5.32 Å². The fourth-order valence-corrected chi connectivity index (χ4v) is 2.67. The number of piperidine rings is 1. The number of hydrogen-bond donors (Lipinski definition) is 2. The van der Waals surface area contributed by atoms with Gasteiger partial charge in [0, 0.05) is 24.1 Å². The molecule has 1 heterocycles. The van der Waals surface area contributed by atoms with Crippen molar-refractivity contribution in [1.29, 1.82) is 0 Å². The molecule has 0 radical (unpaired) electrons. The summed E-state index contributed by atoms with van der Waals surface area (Å²) >= 11 is 3.44. The van der Waals surface area contributed by atoms with Crippen LogP contribution in [0.3, 0.4) is 0 Å². The smallest absolute Gasteiger partial charge is 0.0564 e. The molecule has 19 heavy (non-hydrogen) atoms. The summed E-state index contributed by atoms with van der Waals surface area (Å²) in [5, 5.41) is 12.9. The molecule has 0 saturated carbocycles. The molecule has 2 rings (SSSR count). The summed E-state index contributed by atoms with van der Waals surface area (Å²) in [5.74, 6) is 0. The van der Waals surface area contributed by atoms with Crippen LogP contribution >= 0.6 is 15.9 Å². The predicted octanol–water partition coefficient (Wildman–Crippen LogP) is 2.39. The number of nitrogens with zero attached hydrogens (tertiary/aromatic N) is 1. The standard InChI is InChI=1S/C15H23BrN2O/c16-14-4-2-13(3-5-14)12-17-8-1-9-18-10-6-15(19)7-11-18/h2-5,15,17,19H,1,6-12H2. The van der Waals surface area contributed by atoms with Gasteiger partial charge in [0.2, 0.25) is 0 Å². The molecule has 1 aromatic rings. The topological polar surface area (TPSA) is 35.5 Å². The van der Waals surface area contributed by atoms with Crippen molar-refractivity contribution in [2.24, 2.45) is 0 Å². The lowest BCUT2D eigenvalue weighted by molar-refractivity contribution is 0.0821. The Morgan fingerprint density at radius 2 is 1.89 bits per heavy atom. The van der Waals surface area contributed by atoms with Crippen molar-refractivity contribution in [2.45, 2.75) is 31.9 Å². The van der Waals surface area contributed by atoms with Crippen molar-refractivity contribution >= 4 is 15.9 Å². The Labute approximate surface area is 124 Å². The summed E-state index contributed by atoms with van der Waals surface area (Å²) < 4.78 is 1.13. The van der Waals surface area contributed by atoms with Crippen molar-refractivity contribution in [1.82, 2.24) is 10.2 Å². The number of rotatable bonds is 6. The molecule has 1 aromatic carbocycles.